The minimum atomic E-state index is -1.60. The molecule has 0 saturated heterocycles. The number of aliphatic hydroxyl groups is 1. The number of esters is 1. The molecule has 0 unspecified atom stereocenters. The van der Waals surface area contributed by atoms with Gasteiger partial charge in [0.15, 0.2) is 17.0 Å². The Kier molecular flexibility index (Phi) is 8.59. The maximum absolute atomic E-state index is 13.3. The van der Waals surface area contributed by atoms with E-state index in [0.717, 1.165) is 0 Å². The van der Waals surface area contributed by atoms with Crippen molar-refractivity contribution < 1.29 is 24.4 Å². The van der Waals surface area contributed by atoms with Gasteiger partial charge in [-0.05, 0) is 28.8 Å². The van der Waals surface area contributed by atoms with Crippen LogP contribution < -0.4 is 5.32 Å². The van der Waals surface area contributed by atoms with Crippen LogP contribution in [0.3, 0.4) is 0 Å². The number of hydrogen-bond acceptors (Lipinski definition) is 6. The van der Waals surface area contributed by atoms with Gasteiger partial charge in [-0.3, -0.25) is 14.9 Å². The van der Waals surface area contributed by atoms with Gasteiger partial charge in [0.05, 0.1) is 4.92 Å². The Morgan fingerprint density at radius 1 is 0.853 bits per heavy atom. The Morgan fingerprint density at radius 3 is 1.79 bits per heavy atom. The monoisotopic (exact) mass is 502 g/mol. The van der Waals surface area contributed by atoms with Crippen molar-refractivity contribution in [2.24, 2.45) is 0 Å². The lowest BCUT2D eigenvalue weighted by Crippen LogP contribution is -2.48. The summed E-state index contributed by atoms with van der Waals surface area (Å²) in [6, 6.07) is 21.2. The van der Waals surface area contributed by atoms with Gasteiger partial charge < -0.3 is 15.2 Å². The van der Waals surface area contributed by atoms with Crippen molar-refractivity contribution in [3.8, 4) is 0 Å². The minimum absolute atomic E-state index is 0.143. The summed E-state index contributed by atoms with van der Waals surface area (Å²) in [5.74, 6) is -1.87. The predicted molar refractivity (Wildman–Crippen MR) is 126 cm³/mol. The molecule has 0 aliphatic carbocycles. The molecule has 0 heterocycles. The summed E-state index contributed by atoms with van der Waals surface area (Å²) < 4.78 is 5.76. The summed E-state index contributed by atoms with van der Waals surface area (Å²) in [5.41, 5.74) is 1.28. The third-order valence-electron chi connectivity index (χ3n) is 4.95. The zero-order valence-corrected chi connectivity index (χ0v) is 19.1. The van der Waals surface area contributed by atoms with Crippen LogP contribution in [-0.2, 0) is 14.3 Å². The van der Waals surface area contributed by atoms with Crippen LogP contribution in [0.15, 0.2) is 84.9 Å². The van der Waals surface area contributed by atoms with Gasteiger partial charge in [-0.1, -0.05) is 83.9 Å². The smallest absolute Gasteiger partial charge is 0.332 e. The van der Waals surface area contributed by atoms with Crippen molar-refractivity contribution in [1.82, 2.24) is 5.32 Å². The maximum Gasteiger partial charge on any atom is 0.332 e. The number of aliphatic hydroxyl groups excluding tert-OH is 1. The minimum Gasteiger partial charge on any atom is -0.451 e. The zero-order chi connectivity index (χ0) is 24.7. The molecule has 10 heteroatoms. The van der Waals surface area contributed by atoms with E-state index in [1.165, 1.54) is 24.3 Å². The SMILES string of the molecule is O=C(N[C@H](C(=O)OC(c1ccccc1)c1ccccc1)[C@H](O)c1ccc([N+](=O)[O-])cc1)C(Cl)Cl. The van der Waals surface area contributed by atoms with Crippen LogP contribution in [0.2, 0.25) is 0 Å². The quantitative estimate of drug-likeness (QED) is 0.195. The van der Waals surface area contributed by atoms with Gasteiger partial charge >= 0.3 is 5.97 Å². The fourth-order valence-electron chi connectivity index (χ4n) is 3.24. The normalized spacial score (nSPS) is 12.7. The topological polar surface area (TPSA) is 119 Å². The molecule has 0 spiro atoms. The molecule has 2 N–H and O–H groups in total. The second kappa shape index (κ2) is 11.6. The van der Waals surface area contributed by atoms with Crippen LogP contribution in [0.4, 0.5) is 5.69 Å². The largest absolute Gasteiger partial charge is 0.451 e. The zero-order valence-electron chi connectivity index (χ0n) is 17.6. The van der Waals surface area contributed by atoms with Crippen LogP contribution in [0.5, 0.6) is 0 Å². The molecule has 3 aromatic rings. The van der Waals surface area contributed by atoms with Crippen molar-refractivity contribution in [2.45, 2.75) is 23.1 Å². The van der Waals surface area contributed by atoms with E-state index in [4.69, 9.17) is 27.9 Å². The number of benzene rings is 3. The number of nitro groups is 1. The van der Waals surface area contributed by atoms with E-state index in [9.17, 15) is 24.8 Å². The van der Waals surface area contributed by atoms with E-state index in [-0.39, 0.29) is 11.3 Å². The Balaban J connectivity index is 1.93. The van der Waals surface area contributed by atoms with Crippen LogP contribution in [0.25, 0.3) is 0 Å². The third kappa shape index (κ3) is 6.32. The molecule has 1 amide bonds. The molecule has 2 atom stereocenters. The number of nitrogens with zero attached hydrogens (tertiary/aromatic N) is 1. The van der Waals surface area contributed by atoms with Crippen molar-refractivity contribution in [3.05, 3.63) is 112 Å². The average molecular weight is 503 g/mol. The highest BCUT2D eigenvalue weighted by Gasteiger charge is 2.34. The molecule has 3 rings (SSSR count). The number of hydrogen-bond donors (Lipinski definition) is 2. The maximum atomic E-state index is 13.3. The first-order valence-electron chi connectivity index (χ1n) is 10.1. The lowest BCUT2D eigenvalue weighted by atomic mass is 10.00. The van der Waals surface area contributed by atoms with Gasteiger partial charge in [0, 0.05) is 12.1 Å². The van der Waals surface area contributed by atoms with E-state index >= 15 is 0 Å². The summed E-state index contributed by atoms with van der Waals surface area (Å²) in [6.45, 7) is 0. The highest BCUT2D eigenvalue weighted by atomic mass is 35.5. The first-order chi connectivity index (χ1) is 16.3. The standard InChI is InChI=1S/C24H20Cl2N2O6/c25-22(26)23(30)27-19(20(29)15-11-13-18(14-12-15)28(32)33)24(31)34-21(16-7-3-1-4-8-16)17-9-5-2-6-10-17/h1-14,19-22,29H,(H,27,30)/t19-,20+/m0/s1. The summed E-state index contributed by atoms with van der Waals surface area (Å²) in [4.78, 5) is 34.3. The first kappa shape index (κ1) is 25.2. The highest BCUT2D eigenvalue weighted by molar-refractivity contribution is 6.53. The Bertz CT molecular complexity index is 1090. The molecule has 0 fully saturated rings. The van der Waals surface area contributed by atoms with Gasteiger partial charge in [-0.2, -0.15) is 0 Å². The van der Waals surface area contributed by atoms with Gasteiger partial charge in [0.1, 0.15) is 6.10 Å². The first-order valence-corrected chi connectivity index (χ1v) is 11.0. The summed E-state index contributed by atoms with van der Waals surface area (Å²) in [5, 5.41) is 24.1. The summed E-state index contributed by atoms with van der Waals surface area (Å²) >= 11 is 11.3. The number of rotatable bonds is 9. The van der Waals surface area contributed by atoms with Crippen LogP contribution in [0.1, 0.15) is 28.9 Å². The lowest BCUT2D eigenvalue weighted by molar-refractivity contribution is -0.384. The van der Waals surface area contributed by atoms with Crippen LogP contribution >= 0.6 is 23.2 Å². The van der Waals surface area contributed by atoms with Gasteiger partial charge in [0.25, 0.3) is 11.6 Å². The Morgan fingerprint density at radius 2 is 1.35 bits per heavy atom. The number of alkyl halides is 2. The van der Waals surface area contributed by atoms with Gasteiger partial charge in [-0.25, -0.2) is 4.79 Å². The van der Waals surface area contributed by atoms with E-state index in [0.29, 0.717) is 11.1 Å². The number of non-ortho nitro benzene ring substituents is 1. The molecule has 0 bridgehead atoms. The molecular weight excluding hydrogens is 483 g/mol. The molecule has 0 aliphatic heterocycles. The number of nitro benzene ring substituents is 1. The van der Waals surface area contributed by atoms with Crippen molar-refractivity contribution in [2.75, 3.05) is 0 Å². The summed E-state index contributed by atoms with van der Waals surface area (Å²) in [6.07, 6.45) is -2.43. The molecule has 176 valence electrons. The Labute approximate surface area is 205 Å². The highest BCUT2D eigenvalue weighted by Crippen LogP contribution is 2.28. The second-order valence-corrected chi connectivity index (χ2v) is 8.31. The van der Waals surface area contributed by atoms with Crippen molar-refractivity contribution in [1.29, 1.82) is 0 Å². The van der Waals surface area contributed by atoms with Crippen LogP contribution in [0, 0.1) is 10.1 Å². The molecule has 0 aliphatic rings. The van der Waals surface area contributed by atoms with E-state index in [1.54, 1.807) is 48.5 Å². The number of carbonyl (C=O) groups is 2. The fraction of sp³-hybridized carbons (Fsp3) is 0.167. The molecule has 0 aromatic heterocycles. The average Bonchev–Trinajstić information content (AvgIpc) is 2.86. The van der Waals surface area contributed by atoms with Gasteiger partial charge in [0.2, 0.25) is 0 Å². The predicted octanol–water partition coefficient (Wildman–Crippen LogP) is 4.25. The Hall–Kier alpha value is -3.46. The van der Waals surface area contributed by atoms with E-state index in [2.05, 4.69) is 5.32 Å². The molecule has 0 radical (unpaired) electrons. The third-order valence-corrected chi connectivity index (χ3v) is 5.35. The lowest BCUT2D eigenvalue weighted by Gasteiger charge is -2.26. The van der Waals surface area contributed by atoms with Crippen molar-refractivity contribution >= 4 is 40.8 Å². The number of ether oxygens (including phenoxy) is 1. The van der Waals surface area contributed by atoms with E-state index in [1.807, 2.05) is 12.1 Å². The van der Waals surface area contributed by atoms with Gasteiger partial charge in [-0.15, -0.1) is 0 Å². The number of amides is 1. The van der Waals surface area contributed by atoms with Crippen LogP contribution in [-0.4, -0.2) is 32.8 Å². The second-order valence-electron chi connectivity index (χ2n) is 7.22. The number of nitrogens with one attached hydrogen (secondary N) is 1. The number of halogens is 2. The molecule has 3 aromatic carbocycles. The number of carbonyl (C=O) groups excluding carboxylic acids is 2. The summed E-state index contributed by atoms with van der Waals surface area (Å²) in [7, 11) is 0. The van der Waals surface area contributed by atoms with Crippen molar-refractivity contribution in [3.63, 3.8) is 0 Å². The van der Waals surface area contributed by atoms with E-state index < -0.39 is 39.9 Å². The fourth-order valence-corrected chi connectivity index (χ4v) is 3.37. The molecule has 8 nitrogen and oxygen atoms in total. The molecule has 0 saturated carbocycles. The molecule has 34 heavy (non-hydrogen) atoms. The molecular formula is C24H20Cl2N2O6.